The number of aromatic nitrogens is 5. The second-order valence-electron chi connectivity index (χ2n) is 5.60. The summed E-state index contributed by atoms with van der Waals surface area (Å²) < 4.78 is 2.78. The molecule has 0 spiro atoms. The van der Waals surface area contributed by atoms with Crippen LogP contribution < -0.4 is 0 Å². The van der Waals surface area contributed by atoms with Crippen molar-refractivity contribution in [1.29, 1.82) is 0 Å². The zero-order valence-corrected chi connectivity index (χ0v) is 14.3. The third-order valence-electron chi connectivity index (χ3n) is 3.91. The summed E-state index contributed by atoms with van der Waals surface area (Å²) in [4.78, 5) is 3.34. The normalized spacial score (nSPS) is 11.3. The minimum Gasteiger partial charge on any atom is -0.360 e. The predicted octanol–water partition coefficient (Wildman–Crippen LogP) is 4.19. The lowest BCUT2D eigenvalue weighted by atomic mass is 10.1. The third-order valence-corrected chi connectivity index (χ3v) is 4.44. The number of halogens is 1. The van der Waals surface area contributed by atoms with Crippen LogP contribution in [0.5, 0.6) is 0 Å². The Morgan fingerprint density at radius 2 is 1.87 bits per heavy atom. The standard InChI is InChI=1S/C17H14BrN5/c1-10-7-11(2)16-14(8-10)15(9-19-16)17-20-21-22-23(17)13-5-3-12(18)4-6-13/h3-9,19H,1-2H3. The van der Waals surface area contributed by atoms with E-state index in [9.17, 15) is 0 Å². The molecule has 0 atom stereocenters. The van der Waals surface area contributed by atoms with Crippen molar-refractivity contribution >= 4 is 26.8 Å². The molecule has 5 nitrogen and oxygen atoms in total. The molecular weight excluding hydrogens is 354 g/mol. The summed E-state index contributed by atoms with van der Waals surface area (Å²) in [7, 11) is 0. The molecule has 2 aromatic carbocycles. The average Bonchev–Trinajstić information content (AvgIpc) is 3.14. The van der Waals surface area contributed by atoms with Gasteiger partial charge in [0.15, 0.2) is 5.82 Å². The van der Waals surface area contributed by atoms with Crippen LogP contribution in [0.4, 0.5) is 0 Å². The Morgan fingerprint density at radius 1 is 1.09 bits per heavy atom. The summed E-state index contributed by atoms with van der Waals surface area (Å²) in [5.74, 6) is 0.726. The van der Waals surface area contributed by atoms with Gasteiger partial charge in [-0.2, -0.15) is 4.68 Å². The second kappa shape index (κ2) is 5.31. The first-order chi connectivity index (χ1) is 11.1. The Hall–Kier alpha value is -2.47. The van der Waals surface area contributed by atoms with Gasteiger partial charge in [0.25, 0.3) is 0 Å². The topological polar surface area (TPSA) is 59.4 Å². The highest BCUT2D eigenvalue weighted by Gasteiger charge is 2.16. The number of nitrogens with one attached hydrogen (secondary N) is 1. The number of aromatic amines is 1. The molecule has 0 aliphatic heterocycles. The zero-order chi connectivity index (χ0) is 16.0. The van der Waals surface area contributed by atoms with Gasteiger partial charge in [0.2, 0.25) is 0 Å². The molecule has 0 saturated heterocycles. The van der Waals surface area contributed by atoms with E-state index in [2.05, 4.69) is 62.4 Å². The van der Waals surface area contributed by atoms with Crippen LogP contribution in [0.2, 0.25) is 0 Å². The van der Waals surface area contributed by atoms with Crippen molar-refractivity contribution in [3.63, 3.8) is 0 Å². The first-order valence-electron chi connectivity index (χ1n) is 7.26. The van der Waals surface area contributed by atoms with Crippen molar-refractivity contribution < 1.29 is 0 Å². The molecule has 114 valence electrons. The van der Waals surface area contributed by atoms with E-state index in [-0.39, 0.29) is 0 Å². The molecule has 0 saturated carbocycles. The fourth-order valence-corrected chi connectivity index (χ4v) is 3.15. The molecule has 2 heterocycles. The number of aryl methyl sites for hydroxylation is 2. The Labute approximate surface area is 141 Å². The number of nitrogens with zero attached hydrogens (tertiary/aromatic N) is 4. The van der Waals surface area contributed by atoms with Crippen molar-refractivity contribution in [3.05, 3.63) is 58.2 Å². The summed E-state index contributed by atoms with van der Waals surface area (Å²) in [6, 6.07) is 12.2. The van der Waals surface area contributed by atoms with Gasteiger partial charge >= 0.3 is 0 Å². The van der Waals surface area contributed by atoms with Gasteiger partial charge < -0.3 is 4.98 Å². The SMILES string of the molecule is Cc1cc(C)c2[nH]cc(-c3nnnn3-c3ccc(Br)cc3)c2c1. The maximum Gasteiger partial charge on any atom is 0.189 e. The van der Waals surface area contributed by atoms with Crippen LogP contribution in [-0.2, 0) is 0 Å². The molecule has 0 bridgehead atoms. The van der Waals surface area contributed by atoms with E-state index in [0.717, 1.165) is 32.5 Å². The number of tetrazole rings is 1. The van der Waals surface area contributed by atoms with Gasteiger partial charge in [0.05, 0.1) is 5.69 Å². The van der Waals surface area contributed by atoms with E-state index in [1.165, 1.54) is 11.1 Å². The largest absolute Gasteiger partial charge is 0.360 e. The van der Waals surface area contributed by atoms with E-state index in [1.807, 2.05) is 30.5 Å². The van der Waals surface area contributed by atoms with E-state index < -0.39 is 0 Å². The summed E-state index contributed by atoms with van der Waals surface area (Å²) in [6.07, 6.45) is 1.97. The Balaban J connectivity index is 1.93. The van der Waals surface area contributed by atoms with Crippen LogP contribution in [0.1, 0.15) is 11.1 Å². The van der Waals surface area contributed by atoms with Crippen LogP contribution in [0.25, 0.3) is 28.0 Å². The quantitative estimate of drug-likeness (QED) is 0.577. The van der Waals surface area contributed by atoms with E-state index >= 15 is 0 Å². The molecule has 4 aromatic rings. The number of hydrogen-bond acceptors (Lipinski definition) is 3. The Kier molecular flexibility index (Phi) is 3.27. The van der Waals surface area contributed by atoms with Crippen molar-refractivity contribution in [1.82, 2.24) is 25.2 Å². The lowest BCUT2D eigenvalue weighted by Crippen LogP contribution is -1.99. The number of hydrogen-bond donors (Lipinski definition) is 1. The molecule has 0 fully saturated rings. The van der Waals surface area contributed by atoms with Gasteiger partial charge in [-0.25, -0.2) is 0 Å². The third kappa shape index (κ3) is 2.35. The number of rotatable bonds is 2. The van der Waals surface area contributed by atoms with Crippen molar-refractivity contribution in [2.45, 2.75) is 13.8 Å². The summed E-state index contributed by atoms with van der Waals surface area (Å²) in [5, 5.41) is 13.4. The second-order valence-corrected chi connectivity index (χ2v) is 6.51. The van der Waals surface area contributed by atoms with Gasteiger partial charge in [-0.05, 0) is 60.2 Å². The summed E-state index contributed by atoms with van der Waals surface area (Å²) in [6.45, 7) is 4.20. The molecule has 0 radical (unpaired) electrons. The van der Waals surface area contributed by atoms with Crippen LogP contribution in [0.15, 0.2) is 47.1 Å². The highest BCUT2D eigenvalue weighted by Crippen LogP contribution is 2.30. The van der Waals surface area contributed by atoms with Crippen molar-refractivity contribution in [2.24, 2.45) is 0 Å². The summed E-state index contributed by atoms with van der Waals surface area (Å²) >= 11 is 3.45. The smallest absolute Gasteiger partial charge is 0.189 e. The van der Waals surface area contributed by atoms with Gasteiger partial charge in [0.1, 0.15) is 0 Å². The lowest BCUT2D eigenvalue weighted by Gasteiger charge is -2.05. The number of fused-ring (bicyclic) bond motifs is 1. The highest BCUT2D eigenvalue weighted by molar-refractivity contribution is 9.10. The van der Waals surface area contributed by atoms with Gasteiger partial charge in [0, 0.05) is 27.1 Å². The van der Waals surface area contributed by atoms with Crippen LogP contribution in [-0.4, -0.2) is 25.2 Å². The number of H-pyrrole nitrogens is 1. The lowest BCUT2D eigenvalue weighted by molar-refractivity contribution is 0.791. The Morgan fingerprint density at radius 3 is 2.65 bits per heavy atom. The number of benzene rings is 2. The zero-order valence-electron chi connectivity index (χ0n) is 12.7. The Bertz CT molecular complexity index is 998. The minimum absolute atomic E-state index is 0.726. The van der Waals surface area contributed by atoms with Crippen LogP contribution >= 0.6 is 15.9 Å². The fraction of sp³-hybridized carbons (Fsp3) is 0.118. The maximum atomic E-state index is 4.24. The van der Waals surface area contributed by atoms with Crippen molar-refractivity contribution in [3.8, 4) is 17.1 Å². The van der Waals surface area contributed by atoms with E-state index in [0.29, 0.717) is 0 Å². The molecule has 0 aliphatic carbocycles. The fourth-order valence-electron chi connectivity index (χ4n) is 2.89. The maximum absolute atomic E-state index is 4.24. The molecular formula is C17H14BrN5. The monoisotopic (exact) mass is 367 g/mol. The molecule has 0 amide bonds. The van der Waals surface area contributed by atoms with Gasteiger partial charge in [-0.15, -0.1) is 5.10 Å². The van der Waals surface area contributed by atoms with Gasteiger partial charge in [-0.3, -0.25) is 0 Å². The van der Waals surface area contributed by atoms with E-state index in [4.69, 9.17) is 0 Å². The molecule has 0 unspecified atom stereocenters. The molecule has 2 aromatic heterocycles. The van der Waals surface area contributed by atoms with Crippen molar-refractivity contribution in [2.75, 3.05) is 0 Å². The highest BCUT2D eigenvalue weighted by atomic mass is 79.9. The van der Waals surface area contributed by atoms with Gasteiger partial charge in [-0.1, -0.05) is 27.6 Å². The first kappa shape index (κ1) is 14.1. The van der Waals surface area contributed by atoms with Crippen LogP contribution in [0, 0.1) is 13.8 Å². The molecule has 1 N–H and O–H groups in total. The minimum atomic E-state index is 0.726. The van der Waals surface area contributed by atoms with E-state index in [1.54, 1.807) is 4.68 Å². The molecule has 6 heteroatoms. The predicted molar refractivity (Wildman–Crippen MR) is 93.6 cm³/mol. The first-order valence-corrected chi connectivity index (χ1v) is 8.06. The summed E-state index contributed by atoms with van der Waals surface area (Å²) in [5.41, 5.74) is 5.48. The molecule has 0 aliphatic rings. The van der Waals surface area contributed by atoms with Crippen LogP contribution in [0.3, 0.4) is 0 Å². The molecule has 23 heavy (non-hydrogen) atoms. The average molecular weight is 368 g/mol. The molecule has 4 rings (SSSR count).